The molecule has 6 heteroatoms. The molecular formula is C11H25N5O. The van der Waals surface area contributed by atoms with E-state index in [2.05, 4.69) is 24.0 Å². The van der Waals surface area contributed by atoms with Gasteiger partial charge in [-0.2, -0.15) is 0 Å². The second kappa shape index (κ2) is 5.20. The Bertz CT molecular complexity index is 286. The molecule has 0 saturated carbocycles. The van der Waals surface area contributed by atoms with Gasteiger partial charge in [0.25, 0.3) is 0 Å². The summed E-state index contributed by atoms with van der Waals surface area (Å²) in [5, 5.41) is 15.1. The molecule has 6 nitrogen and oxygen atoms in total. The number of amidine groups is 1. The number of likely N-dealkylation sites (N-methyl/N-ethyl adjacent to an activating group) is 1. The van der Waals surface area contributed by atoms with E-state index in [1.165, 1.54) is 5.12 Å². The van der Waals surface area contributed by atoms with Crippen LogP contribution < -0.4 is 11.6 Å². The number of hydrazine groups is 1. The third-order valence-corrected chi connectivity index (χ3v) is 3.39. The summed E-state index contributed by atoms with van der Waals surface area (Å²) in [5.74, 6) is 6.02. The molecule has 100 valence electrons. The van der Waals surface area contributed by atoms with Crippen LogP contribution in [0.15, 0.2) is 5.10 Å². The number of hydrazone groups is 1. The van der Waals surface area contributed by atoms with Crippen LogP contribution in [0.5, 0.6) is 0 Å². The van der Waals surface area contributed by atoms with Crippen LogP contribution in [-0.2, 0) is 0 Å². The molecule has 0 aromatic carbocycles. The number of nitrogens with two attached hydrogens (primary N) is 2. The number of nitrogens with zero attached hydrogens (tertiary/aromatic N) is 3. The van der Waals surface area contributed by atoms with E-state index in [9.17, 15) is 5.11 Å². The third kappa shape index (κ3) is 3.83. The molecular weight excluding hydrogens is 218 g/mol. The van der Waals surface area contributed by atoms with Crippen LogP contribution in [-0.4, -0.2) is 52.2 Å². The highest BCUT2D eigenvalue weighted by Crippen LogP contribution is 2.18. The molecule has 5 N–H and O–H groups in total. The van der Waals surface area contributed by atoms with Gasteiger partial charge in [-0.15, -0.1) is 5.10 Å². The van der Waals surface area contributed by atoms with Gasteiger partial charge in [-0.3, -0.25) is 0 Å². The van der Waals surface area contributed by atoms with Crippen molar-refractivity contribution >= 4 is 5.84 Å². The van der Waals surface area contributed by atoms with E-state index in [4.69, 9.17) is 11.6 Å². The van der Waals surface area contributed by atoms with Gasteiger partial charge in [-0.05, 0) is 40.7 Å². The highest BCUT2D eigenvalue weighted by molar-refractivity contribution is 5.87. The molecule has 1 unspecified atom stereocenters. The molecule has 0 aromatic heterocycles. The van der Waals surface area contributed by atoms with E-state index < -0.39 is 5.60 Å². The molecule has 1 fully saturated rings. The van der Waals surface area contributed by atoms with Gasteiger partial charge in [-0.1, -0.05) is 0 Å². The summed E-state index contributed by atoms with van der Waals surface area (Å²) in [4.78, 5) is 2.25. The average Bonchev–Trinajstić information content (AvgIpc) is 2.20. The van der Waals surface area contributed by atoms with Gasteiger partial charge in [0.05, 0.1) is 6.04 Å². The summed E-state index contributed by atoms with van der Waals surface area (Å²) >= 11 is 0. The molecule has 1 aliphatic rings. The average molecular weight is 243 g/mol. The minimum atomic E-state index is -1.13. The van der Waals surface area contributed by atoms with Crippen LogP contribution in [0.25, 0.3) is 0 Å². The zero-order valence-electron chi connectivity index (χ0n) is 11.2. The zero-order valence-corrected chi connectivity index (χ0v) is 11.2. The van der Waals surface area contributed by atoms with E-state index in [0.29, 0.717) is 6.04 Å². The van der Waals surface area contributed by atoms with Crippen LogP contribution in [0.4, 0.5) is 0 Å². The van der Waals surface area contributed by atoms with Crippen LogP contribution in [0, 0.1) is 0 Å². The van der Waals surface area contributed by atoms with Gasteiger partial charge in [0.1, 0.15) is 5.60 Å². The van der Waals surface area contributed by atoms with Crippen LogP contribution in [0.1, 0.15) is 33.6 Å². The maximum Gasteiger partial charge on any atom is 0.152 e. The lowest BCUT2D eigenvalue weighted by Gasteiger charge is -2.38. The van der Waals surface area contributed by atoms with Crippen molar-refractivity contribution in [3.05, 3.63) is 0 Å². The molecule has 0 spiro atoms. The highest BCUT2D eigenvalue weighted by Gasteiger charge is 2.27. The fourth-order valence-corrected chi connectivity index (χ4v) is 1.80. The van der Waals surface area contributed by atoms with E-state index in [-0.39, 0.29) is 11.9 Å². The van der Waals surface area contributed by atoms with Crippen LogP contribution >= 0.6 is 0 Å². The SMILES string of the molecule is C[C@@H]1CCC(N(N)/N=C(\N)C(C)(C)O)CN1C. The Balaban J connectivity index is 2.62. The van der Waals surface area contributed by atoms with Crippen LogP contribution in [0.2, 0.25) is 0 Å². The summed E-state index contributed by atoms with van der Waals surface area (Å²) in [6.07, 6.45) is 2.08. The smallest absolute Gasteiger partial charge is 0.152 e. The van der Waals surface area contributed by atoms with Crippen molar-refractivity contribution in [3.63, 3.8) is 0 Å². The van der Waals surface area contributed by atoms with Crippen molar-refractivity contribution in [2.24, 2.45) is 16.7 Å². The van der Waals surface area contributed by atoms with Crippen molar-refractivity contribution in [3.8, 4) is 0 Å². The molecule has 0 amide bonds. The Morgan fingerprint density at radius 1 is 1.47 bits per heavy atom. The number of piperidine rings is 1. The number of likely N-dealkylation sites (tertiary alicyclic amines) is 1. The Morgan fingerprint density at radius 3 is 2.53 bits per heavy atom. The van der Waals surface area contributed by atoms with Crippen LogP contribution in [0.3, 0.4) is 0 Å². The summed E-state index contributed by atoms with van der Waals surface area (Å²) in [6.45, 7) is 6.25. The molecule has 2 atom stereocenters. The summed E-state index contributed by atoms with van der Waals surface area (Å²) in [7, 11) is 2.08. The normalized spacial score (nSPS) is 28.2. The lowest BCUT2D eigenvalue weighted by molar-refractivity contribution is 0.0812. The molecule has 17 heavy (non-hydrogen) atoms. The Kier molecular flexibility index (Phi) is 4.35. The minimum Gasteiger partial charge on any atom is -0.383 e. The highest BCUT2D eigenvalue weighted by atomic mass is 16.3. The first-order chi connectivity index (χ1) is 7.71. The topological polar surface area (TPSA) is 91.1 Å². The predicted molar refractivity (Wildman–Crippen MR) is 69.1 cm³/mol. The first kappa shape index (κ1) is 14.2. The van der Waals surface area contributed by atoms with Gasteiger partial charge in [0, 0.05) is 12.6 Å². The molecule has 0 bridgehead atoms. The summed E-state index contributed by atoms with van der Waals surface area (Å²) < 4.78 is 0. The monoisotopic (exact) mass is 243 g/mol. The van der Waals surface area contributed by atoms with Crippen molar-refractivity contribution < 1.29 is 5.11 Å². The molecule has 1 rings (SSSR count). The summed E-state index contributed by atoms with van der Waals surface area (Å²) in [6, 6.07) is 0.729. The molecule has 0 aromatic rings. The standard InChI is InChI=1S/C11H25N5O/c1-8-5-6-9(7-15(8)4)16(13)14-10(12)11(2,3)17/h8-9,17H,5-7,13H2,1-4H3,(H2,12,14)/t8-,9?/m1/s1. The van der Waals surface area contributed by atoms with Gasteiger partial charge in [0.15, 0.2) is 5.84 Å². The van der Waals surface area contributed by atoms with E-state index in [0.717, 1.165) is 19.4 Å². The lowest BCUT2D eigenvalue weighted by atomic mass is 10.0. The fourth-order valence-electron chi connectivity index (χ4n) is 1.80. The zero-order chi connectivity index (χ0) is 13.2. The molecule has 1 aliphatic heterocycles. The third-order valence-electron chi connectivity index (χ3n) is 3.39. The van der Waals surface area contributed by atoms with E-state index in [1.807, 2.05) is 0 Å². The molecule has 1 saturated heterocycles. The lowest BCUT2D eigenvalue weighted by Crippen LogP contribution is -2.52. The van der Waals surface area contributed by atoms with Gasteiger partial charge < -0.3 is 15.7 Å². The second-order valence-electron chi connectivity index (χ2n) is 5.44. The second-order valence-corrected chi connectivity index (χ2v) is 5.44. The Labute approximate surface area is 103 Å². The van der Waals surface area contributed by atoms with Gasteiger partial charge in [0.2, 0.25) is 0 Å². The Hall–Kier alpha value is -0.850. The van der Waals surface area contributed by atoms with Crippen molar-refractivity contribution in [1.29, 1.82) is 0 Å². The van der Waals surface area contributed by atoms with E-state index in [1.54, 1.807) is 13.8 Å². The minimum absolute atomic E-state index is 0.140. The number of hydrogen-bond donors (Lipinski definition) is 3. The van der Waals surface area contributed by atoms with Gasteiger partial charge in [-0.25, -0.2) is 11.0 Å². The maximum atomic E-state index is 9.68. The van der Waals surface area contributed by atoms with E-state index >= 15 is 0 Å². The molecule has 1 heterocycles. The Morgan fingerprint density at radius 2 is 2.06 bits per heavy atom. The van der Waals surface area contributed by atoms with Gasteiger partial charge >= 0.3 is 0 Å². The predicted octanol–water partition coefficient (Wildman–Crippen LogP) is -0.312. The molecule has 0 radical (unpaired) electrons. The number of hydrogen-bond acceptors (Lipinski definition) is 5. The quantitative estimate of drug-likeness (QED) is 0.274. The van der Waals surface area contributed by atoms with Crippen molar-refractivity contribution in [1.82, 2.24) is 10.0 Å². The largest absolute Gasteiger partial charge is 0.383 e. The van der Waals surface area contributed by atoms with Crippen molar-refractivity contribution in [2.45, 2.75) is 51.3 Å². The van der Waals surface area contributed by atoms with Crippen molar-refractivity contribution in [2.75, 3.05) is 13.6 Å². The first-order valence-corrected chi connectivity index (χ1v) is 6.03. The summed E-state index contributed by atoms with van der Waals surface area (Å²) in [5.41, 5.74) is 4.55. The maximum absolute atomic E-state index is 9.68. The first-order valence-electron chi connectivity index (χ1n) is 6.03. The number of aliphatic hydroxyl groups is 1. The fraction of sp³-hybridized carbons (Fsp3) is 0.909. The molecule has 0 aliphatic carbocycles. The number of rotatable bonds is 3.